The van der Waals surface area contributed by atoms with Crippen LogP contribution >= 0.6 is 0 Å². The maximum atomic E-state index is 12.0. The molecular formula is C25H38O3. The highest BCUT2D eigenvalue weighted by Crippen LogP contribution is 2.16. The van der Waals surface area contributed by atoms with Crippen LogP contribution < -0.4 is 0 Å². The molecule has 0 aromatic heterocycles. The Kier molecular flexibility index (Phi) is 14.9. The Hall–Kier alpha value is -1.87. The first-order chi connectivity index (χ1) is 13.8. The van der Waals surface area contributed by atoms with E-state index >= 15 is 0 Å². The highest BCUT2D eigenvalue weighted by Gasteiger charge is 2.26. The molecule has 2 atom stereocenters. The second-order valence-electron chi connectivity index (χ2n) is 6.98. The fourth-order valence-corrected chi connectivity index (χ4v) is 2.61. The van der Waals surface area contributed by atoms with Crippen LogP contribution in [-0.2, 0) is 14.3 Å². The molecule has 28 heavy (non-hydrogen) atoms. The summed E-state index contributed by atoms with van der Waals surface area (Å²) in [5.74, 6) is -0.0776. The first kappa shape index (κ1) is 24.2. The molecule has 1 saturated heterocycles. The predicted octanol–water partition coefficient (Wildman–Crippen LogP) is 6.49. The van der Waals surface area contributed by atoms with Crippen molar-refractivity contribution >= 4 is 5.97 Å². The van der Waals surface area contributed by atoms with Gasteiger partial charge in [-0.2, -0.15) is 0 Å². The van der Waals surface area contributed by atoms with E-state index < -0.39 is 0 Å². The Morgan fingerprint density at radius 1 is 0.893 bits per heavy atom. The van der Waals surface area contributed by atoms with Gasteiger partial charge in [0, 0.05) is 0 Å². The summed E-state index contributed by atoms with van der Waals surface area (Å²) in [6.45, 7) is 5.33. The topological polar surface area (TPSA) is 38.8 Å². The van der Waals surface area contributed by atoms with Crippen LogP contribution in [0.2, 0.25) is 0 Å². The number of carbonyl (C=O) groups excluding carboxylic acids is 1. The molecule has 0 spiro atoms. The van der Waals surface area contributed by atoms with Crippen LogP contribution in [0.1, 0.15) is 65.2 Å². The highest BCUT2D eigenvalue weighted by molar-refractivity contribution is 5.72. The fraction of sp³-hybridized carbons (Fsp3) is 0.560. The van der Waals surface area contributed by atoms with Gasteiger partial charge in [-0.3, -0.25) is 4.79 Å². The zero-order chi connectivity index (χ0) is 20.3. The van der Waals surface area contributed by atoms with Gasteiger partial charge >= 0.3 is 5.97 Å². The second-order valence-corrected chi connectivity index (χ2v) is 6.98. The zero-order valence-electron chi connectivity index (χ0n) is 17.7. The first-order valence-electron chi connectivity index (χ1n) is 10.8. The average Bonchev–Trinajstić information content (AvgIpc) is 3.53. The van der Waals surface area contributed by atoms with Crippen LogP contribution in [0.5, 0.6) is 0 Å². The first-order valence-corrected chi connectivity index (χ1v) is 10.8. The Bertz CT molecular complexity index is 536. The average molecular weight is 387 g/mol. The van der Waals surface area contributed by atoms with Crippen LogP contribution in [-0.4, -0.2) is 25.3 Å². The SMILES string of the molecule is CC/C=C\C/C=C\C/C=C\C/C=C\C/C=C\CCC(CC)C(=O)OCC1CO1. The summed E-state index contributed by atoms with van der Waals surface area (Å²) in [4.78, 5) is 12.0. The van der Waals surface area contributed by atoms with E-state index in [1.54, 1.807) is 0 Å². The zero-order valence-corrected chi connectivity index (χ0v) is 17.7. The standard InChI is InChI=1S/C25H38O3/c1-3-5-6-7-8-9-10-11-12-13-14-15-16-17-18-19-20-23(4-2)25(26)28-22-24-21-27-24/h5-6,8-9,11-12,14-15,17-18,23-24H,3-4,7,10,13,16,19-22H2,1-2H3/b6-5-,9-8-,12-11-,15-14-,18-17-. The van der Waals surface area contributed by atoms with E-state index in [-0.39, 0.29) is 18.0 Å². The molecule has 0 aromatic carbocycles. The van der Waals surface area contributed by atoms with Crippen molar-refractivity contribution < 1.29 is 14.3 Å². The Balaban J connectivity index is 2.01. The molecule has 2 unspecified atom stereocenters. The third kappa shape index (κ3) is 14.2. The lowest BCUT2D eigenvalue weighted by molar-refractivity contribution is -0.149. The van der Waals surface area contributed by atoms with Crippen LogP contribution in [0.4, 0.5) is 0 Å². The van der Waals surface area contributed by atoms with Crippen LogP contribution in [0.3, 0.4) is 0 Å². The molecular weight excluding hydrogens is 348 g/mol. The van der Waals surface area contributed by atoms with Gasteiger partial charge in [-0.15, -0.1) is 0 Å². The van der Waals surface area contributed by atoms with Crippen molar-refractivity contribution in [3.05, 3.63) is 60.8 Å². The number of esters is 1. The van der Waals surface area contributed by atoms with Gasteiger partial charge in [-0.25, -0.2) is 0 Å². The summed E-state index contributed by atoms with van der Waals surface area (Å²) in [5, 5.41) is 0. The van der Waals surface area contributed by atoms with Gasteiger partial charge in [0.25, 0.3) is 0 Å². The third-order valence-electron chi connectivity index (χ3n) is 4.48. The van der Waals surface area contributed by atoms with E-state index in [4.69, 9.17) is 9.47 Å². The maximum absolute atomic E-state index is 12.0. The molecule has 1 heterocycles. The number of hydrogen-bond donors (Lipinski definition) is 0. The summed E-state index contributed by atoms with van der Waals surface area (Å²) in [6, 6.07) is 0. The largest absolute Gasteiger partial charge is 0.463 e. The summed E-state index contributed by atoms with van der Waals surface area (Å²) < 4.78 is 10.3. The minimum atomic E-state index is -0.0784. The molecule has 0 bridgehead atoms. The van der Waals surface area contributed by atoms with Crippen molar-refractivity contribution in [3.8, 4) is 0 Å². The second kappa shape index (κ2) is 17.2. The van der Waals surface area contributed by atoms with Gasteiger partial charge < -0.3 is 9.47 Å². The molecule has 156 valence electrons. The summed E-state index contributed by atoms with van der Waals surface area (Å²) >= 11 is 0. The van der Waals surface area contributed by atoms with E-state index in [9.17, 15) is 4.79 Å². The van der Waals surface area contributed by atoms with E-state index in [2.05, 4.69) is 67.7 Å². The van der Waals surface area contributed by atoms with Crippen molar-refractivity contribution in [1.29, 1.82) is 0 Å². The maximum Gasteiger partial charge on any atom is 0.309 e. The van der Waals surface area contributed by atoms with Gasteiger partial charge in [0.1, 0.15) is 12.7 Å². The Morgan fingerprint density at radius 3 is 1.86 bits per heavy atom. The highest BCUT2D eigenvalue weighted by atomic mass is 16.6. The number of ether oxygens (including phenoxy) is 2. The van der Waals surface area contributed by atoms with Crippen molar-refractivity contribution in [1.82, 2.24) is 0 Å². The van der Waals surface area contributed by atoms with Gasteiger partial charge in [-0.05, 0) is 51.4 Å². The molecule has 0 saturated carbocycles. The smallest absolute Gasteiger partial charge is 0.309 e. The number of carbonyl (C=O) groups is 1. The van der Waals surface area contributed by atoms with Crippen LogP contribution in [0.15, 0.2) is 60.8 Å². The summed E-state index contributed by atoms with van der Waals surface area (Å²) in [7, 11) is 0. The molecule has 1 aliphatic heterocycles. The quantitative estimate of drug-likeness (QED) is 0.173. The van der Waals surface area contributed by atoms with Crippen molar-refractivity contribution in [2.75, 3.05) is 13.2 Å². The Morgan fingerprint density at radius 2 is 1.39 bits per heavy atom. The minimum absolute atomic E-state index is 0.000737. The number of hydrogen-bond acceptors (Lipinski definition) is 3. The summed E-state index contributed by atoms with van der Waals surface area (Å²) in [5.41, 5.74) is 0. The van der Waals surface area contributed by atoms with Crippen molar-refractivity contribution in [2.45, 2.75) is 71.3 Å². The summed E-state index contributed by atoms with van der Waals surface area (Å²) in [6.07, 6.45) is 29.8. The van der Waals surface area contributed by atoms with Gasteiger partial charge in [-0.1, -0.05) is 74.6 Å². The molecule has 3 nitrogen and oxygen atoms in total. The molecule has 0 amide bonds. The third-order valence-corrected chi connectivity index (χ3v) is 4.48. The molecule has 1 rings (SSSR count). The van der Waals surface area contributed by atoms with E-state index in [0.29, 0.717) is 6.61 Å². The van der Waals surface area contributed by atoms with Crippen molar-refractivity contribution in [2.24, 2.45) is 5.92 Å². The normalized spacial score (nSPS) is 18.3. The van der Waals surface area contributed by atoms with E-state index in [1.165, 1.54) is 0 Å². The number of allylic oxidation sites excluding steroid dienone is 10. The van der Waals surface area contributed by atoms with Gasteiger partial charge in [0.2, 0.25) is 0 Å². The van der Waals surface area contributed by atoms with Gasteiger partial charge in [0.05, 0.1) is 12.5 Å². The van der Waals surface area contributed by atoms with Crippen molar-refractivity contribution in [3.63, 3.8) is 0 Å². The lowest BCUT2D eigenvalue weighted by Crippen LogP contribution is -2.19. The number of rotatable bonds is 16. The fourth-order valence-electron chi connectivity index (χ4n) is 2.61. The van der Waals surface area contributed by atoms with E-state index in [0.717, 1.165) is 58.0 Å². The monoisotopic (exact) mass is 386 g/mol. The molecule has 1 aliphatic rings. The minimum Gasteiger partial charge on any atom is -0.463 e. The molecule has 0 radical (unpaired) electrons. The van der Waals surface area contributed by atoms with Gasteiger partial charge in [0.15, 0.2) is 0 Å². The molecule has 1 fully saturated rings. The van der Waals surface area contributed by atoms with E-state index in [1.807, 2.05) is 6.92 Å². The Labute approximate surface area is 171 Å². The number of epoxide rings is 1. The molecule has 0 aromatic rings. The molecule has 0 aliphatic carbocycles. The lowest BCUT2D eigenvalue weighted by atomic mass is 10.0. The lowest BCUT2D eigenvalue weighted by Gasteiger charge is -2.12. The molecule has 3 heteroatoms. The van der Waals surface area contributed by atoms with Crippen LogP contribution in [0, 0.1) is 5.92 Å². The van der Waals surface area contributed by atoms with Crippen LogP contribution in [0.25, 0.3) is 0 Å². The molecule has 0 N–H and O–H groups in total. The predicted molar refractivity (Wildman–Crippen MR) is 118 cm³/mol.